The number of nitrogens with one attached hydrogen (secondary N) is 2. The fourth-order valence-electron chi connectivity index (χ4n) is 2.30. The lowest BCUT2D eigenvalue weighted by Crippen LogP contribution is -2.37. The number of hydrogen-bond donors (Lipinski definition) is 3. The lowest BCUT2D eigenvalue weighted by molar-refractivity contribution is 0.116. The van der Waals surface area contributed by atoms with Gasteiger partial charge < -0.3 is 20.5 Å². The maximum atomic E-state index is 10.00. The number of rotatable bonds is 6. The first-order chi connectivity index (χ1) is 9.72. The molecule has 0 spiro atoms. The van der Waals surface area contributed by atoms with Crippen molar-refractivity contribution < 1.29 is 9.84 Å². The number of aliphatic hydroxyl groups excluding tert-OH is 1. The third-order valence-electron chi connectivity index (χ3n) is 3.27. The van der Waals surface area contributed by atoms with Gasteiger partial charge in [0.25, 0.3) is 0 Å². The van der Waals surface area contributed by atoms with Gasteiger partial charge in [-0.2, -0.15) is 15.0 Å². The van der Waals surface area contributed by atoms with E-state index in [9.17, 15) is 5.11 Å². The molecule has 0 saturated heterocycles. The molecule has 0 aliphatic heterocycles. The number of anilines is 2. The van der Waals surface area contributed by atoms with Gasteiger partial charge in [0.2, 0.25) is 11.9 Å². The van der Waals surface area contributed by atoms with Gasteiger partial charge in [0.1, 0.15) is 0 Å². The summed E-state index contributed by atoms with van der Waals surface area (Å²) in [5.41, 5.74) is 0. The predicted octanol–water partition coefficient (Wildman–Crippen LogP) is 1.42. The standard InChI is InChI=1S/C13H23N5O2/c1-3-14-11-16-12(18-13(17-11)20-4-2)15-9-7-5-6-8-10(9)19/h9-10,19H,3-8H2,1-2H3,(H2,14,15,16,17,18). The fourth-order valence-corrected chi connectivity index (χ4v) is 2.30. The molecule has 0 aromatic carbocycles. The molecule has 0 bridgehead atoms. The SMILES string of the molecule is CCNc1nc(NC2CCCCC2O)nc(OCC)n1. The van der Waals surface area contributed by atoms with E-state index in [-0.39, 0.29) is 12.1 Å². The van der Waals surface area contributed by atoms with Gasteiger partial charge in [0, 0.05) is 6.54 Å². The fraction of sp³-hybridized carbons (Fsp3) is 0.769. The van der Waals surface area contributed by atoms with Gasteiger partial charge in [-0.3, -0.25) is 0 Å². The molecule has 112 valence electrons. The molecule has 2 rings (SSSR count). The topological polar surface area (TPSA) is 92.2 Å². The maximum absolute atomic E-state index is 10.00. The lowest BCUT2D eigenvalue weighted by atomic mass is 9.93. The van der Waals surface area contributed by atoms with Crippen LogP contribution in [0.2, 0.25) is 0 Å². The van der Waals surface area contributed by atoms with E-state index >= 15 is 0 Å². The Bertz CT molecular complexity index is 405. The highest BCUT2D eigenvalue weighted by molar-refractivity contribution is 5.36. The van der Waals surface area contributed by atoms with Gasteiger partial charge in [-0.1, -0.05) is 12.8 Å². The molecule has 2 atom stereocenters. The van der Waals surface area contributed by atoms with E-state index in [4.69, 9.17) is 4.74 Å². The Morgan fingerprint density at radius 1 is 1.15 bits per heavy atom. The summed E-state index contributed by atoms with van der Waals surface area (Å²) in [7, 11) is 0. The van der Waals surface area contributed by atoms with E-state index in [1.165, 1.54) is 0 Å². The van der Waals surface area contributed by atoms with Gasteiger partial charge in [-0.25, -0.2) is 0 Å². The molecule has 1 aromatic heterocycles. The van der Waals surface area contributed by atoms with Crippen LogP contribution >= 0.6 is 0 Å². The summed E-state index contributed by atoms with van der Waals surface area (Å²) in [6, 6.07) is 0.293. The third-order valence-corrected chi connectivity index (χ3v) is 3.27. The smallest absolute Gasteiger partial charge is 0.323 e. The van der Waals surface area contributed by atoms with Crippen LogP contribution < -0.4 is 15.4 Å². The molecule has 20 heavy (non-hydrogen) atoms. The second kappa shape index (κ2) is 7.23. The molecule has 3 N–H and O–H groups in total. The summed E-state index contributed by atoms with van der Waals surface area (Å²) in [5, 5.41) is 16.2. The first-order valence-electron chi connectivity index (χ1n) is 7.30. The monoisotopic (exact) mass is 281 g/mol. The zero-order chi connectivity index (χ0) is 14.4. The molecule has 1 fully saturated rings. The molecule has 0 amide bonds. The zero-order valence-electron chi connectivity index (χ0n) is 12.1. The second-order valence-electron chi connectivity index (χ2n) is 4.83. The third kappa shape index (κ3) is 3.93. The molecule has 1 saturated carbocycles. The lowest BCUT2D eigenvalue weighted by Gasteiger charge is -2.28. The van der Waals surface area contributed by atoms with Crippen LogP contribution in [0.15, 0.2) is 0 Å². The number of hydrogen-bond acceptors (Lipinski definition) is 7. The van der Waals surface area contributed by atoms with Gasteiger partial charge >= 0.3 is 6.01 Å². The van der Waals surface area contributed by atoms with Crippen molar-refractivity contribution in [2.75, 3.05) is 23.8 Å². The summed E-state index contributed by atoms with van der Waals surface area (Å²) in [6.07, 6.45) is 3.58. The molecular formula is C13H23N5O2. The summed E-state index contributed by atoms with van der Waals surface area (Å²) >= 11 is 0. The van der Waals surface area contributed by atoms with Crippen molar-refractivity contribution in [1.29, 1.82) is 0 Å². The molecule has 1 aliphatic carbocycles. The molecule has 1 aromatic rings. The zero-order valence-corrected chi connectivity index (χ0v) is 12.1. The normalized spacial score (nSPS) is 22.4. The second-order valence-corrected chi connectivity index (χ2v) is 4.83. The molecule has 2 unspecified atom stereocenters. The van der Waals surface area contributed by atoms with Crippen molar-refractivity contribution in [3.8, 4) is 6.01 Å². The van der Waals surface area contributed by atoms with Crippen LogP contribution in [0, 0.1) is 0 Å². The molecule has 1 aliphatic rings. The highest BCUT2D eigenvalue weighted by atomic mass is 16.5. The van der Waals surface area contributed by atoms with Crippen molar-refractivity contribution in [2.24, 2.45) is 0 Å². The van der Waals surface area contributed by atoms with Crippen LogP contribution in [0.25, 0.3) is 0 Å². The van der Waals surface area contributed by atoms with Crippen LogP contribution in [0.4, 0.5) is 11.9 Å². The number of nitrogens with zero attached hydrogens (tertiary/aromatic N) is 3. The first kappa shape index (κ1) is 14.8. The van der Waals surface area contributed by atoms with Gasteiger partial charge in [0.05, 0.1) is 18.8 Å². The van der Waals surface area contributed by atoms with Crippen molar-refractivity contribution in [3.63, 3.8) is 0 Å². The Labute approximate surface area is 119 Å². The summed E-state index contributed by atoms with van der Waals surface area (Å²) in [4.78, 5) is 12.7. The Kier molecular flexibility index (Phi) is 5.34. The van der Waals surface area contributed by atoms with E-state index in [1.54, 1.807) is 0 Å². The minimum Gasteiger partial charge on any atom is -0.464 e. The van der Waals surface area contributed by atoms with Crippen LogP contribution in [0.3, 0.4) is 0 Å². The Balaban J connectivity index is 2.12. The van der Waals surface area contributed by atoms with E-state index in [0.29, 0.717) is 24.5 Å². The number of aromatic nitrogens is 3. The van der Waals surface area contributed by atoms with Gasteiger partial charge in [-0.15, -0.1) is 0 Å². The molecule has 7 nitrogen and oxygen atoms in total. The Morgan fingerprint density at radius 3 is 2.60 bits per heavy atom. The van der Waals surface area contributed by atoms with E-state index in [2.05, 4.69) is 25.6 Å². The van der Waals surface area contributed by atoms with Crippen LogP contribution in [0.5, 0.6) is 6.01 Å². The average Bonchev–Trinajstić information content (AvgIpc) is 2.42. The first-order valence-corrected chi connectivity index (χ1v) is 7.30. The van der Waals surface area contributed by atoms with Crippen LogP contribution in [0.1, 0.15) is 39.5 Å². The molecule has 1 heterocycles. The summed E-state index contributed by atoms with van der Waals surface area (Å²) < 4.78 is 5.34. The minimum absolute atomic E-state index is 0.00453. The van der Waals surface area contributed by atoms with Crippen molar-refractivity contribution in [1.82, 2.24) is 15.0 Å². The van der Waals surface area contributed by atoms with Crippen molar-refractivity contribution in [2.45, 2.75) is 51.7 Å². The summed E-state index contributed by atoms with van der Waals surface area (Å²) in [5.74, 6) is 0.934. The van der Waals surface area contributed by atoms with E-state index in [1.807, 2.05) is 13.8 Å². The quantitative estimate of drug-likeness (QED) is 0.726. The Hall–Kier alpha value is -1.63. The van der Waals surface area contributed by atoms with Crippen molar-refractivity contribution >= 4 is 11.9 Å². The average molecular weight is 281 g/mol. The highest BCUT2D eigenvalue weighted by Gasteiger charge is 2.24. The molecule has 0 radical (unpaired) electrons. The number of ether oxygens (including phenoxy) is 1. The Morgan fingerprint density at radius 2 is 1.90 bits per heavy atom. The highest BCUT2D eigenvalue weighted by Crippen LogP contribution is 2.22. The maximum Gasteiger partial charge on any atom is 0.323 e. The van der Waals surface area contributed by atoms with Crippen LogP contribution in [-0.2, 0) is 0 Å². The van der Waals surface area contributed by atoms with Crippen LogP contribution in [-0.4, -0.2) is 45.4 Å². The van der Waals surface area contributed by atoms with Gasteiger partial charge in [-0.05, 0) is 26.7 Å². The van der Waals surface area contributed by atoms with E-state index in [0.717, 1.165) is 32.2 Å². The summed E-state index contributed by atoms with van der Waals surface area (Å²) in [6.45, 7) is 5.08. The minimum atomic E-state index is -0.348. The molecular weight excluding hydrogens is 258 g/mol. The number of aliphatic hydroxyl groups is 1. The molecule has 7 heteroatoms. The largest absolute Gasteiger partial charge is 0.464 e. The van der Waals surface area contributed by atoms with Gasteiger partial charge in [0.15, 0.2) is 0 Å². The van der Waals surface area contributed by atoms with E-state index < -0.39 is 0 Å². The predicted molar refractivity (Wildman–Crippen MR) is 77.0 cm³/mol. The van der Waals surface area contributed by atoms with Crippen molar-refractivity contribution in [3.05, 3.63) is 0 Å².